The Hall–Kier alpha value is -1.40. The first kappa shape index (κ1) is 77.6. The lowest BCUT2D eigenvalue weighted by atomic mass is 10.0. The van der Waals surface area contributed by atoms with Crippen molar-refractivity contribution in [1.29, 1.82) is 0 Å². The number of amides is 1. The number of carbonyl (C=O) groups excluding carboxylic acids is 2. The lowest BCUT2D eigenvalue weighted by Gasteiger charge is -2.22. The number of esters is 1. The fraction of sp³-hybridized carbons (Fsp3) is 0.945. The van der Waals surface area contributed by atoms with E-state index in [9.17, 15) is 19.8 Å². The first-order valence-corrected chi connectivity index (χ1v) is 36.4. The number of allylic oxidation sites excluding steroid dienone is 2. The Kier molecular flexibility index (Phi) is 67.9. The van der Waals surface area contributed by atoms with Crippen LogP contribution in [-0.2, 0) is 14.3 Å². The Morgan fingerprint density at radius 1 is 0.342 bits per heavy atom. The average molecular weight is 1110 g/mol. The Bertz CT molecular complexity index is 1190. The van der Waals surface area contributed by atoms with E-state index in [1.54, 1.807) is 0 Å². The zero-order valence-corrected chi connectivity index (χ0v) is 53.9. The van der Waals surface area contributed by atoms with E-state index in [1.165, 1.54) is 340 Å². The first-order chi connectivity index (χ1) is 39.0. The molecule has 0 aliphatic carbocycles. The van der Waals surface area contributed by atoms with Crippen LogP contribution in [0.4, 0.5) is 0 Å². The van der Waals surface area contributed by atoms with E-state index in [1.807, 2.05) is 0 Å². The third-order valence-corrected chi connectivity index (χ3v) is 17.3. The van der Waals surface area contributed by atoms with Gasteiger partial charge in [0, 0.05) is 12.8 Å². The van der Waals surface area contributed by atoms with E-state index in [0.29, 0.717) is 25.9 Å². The molecule has 0 saturated carbocycles. The Balaban J connectivity index is 3.33. The molecule has 2 atom stereocenters. The molecule has 0 heterocycles. The predicted octanol–water partition coefficient (Wildman–Crippen LogP) is 23.5. The number of unbranched alkanes of at least 4 members (excludes halogenated alkanes) is 56. The van der Waals surface area contributed by atoms with E-state index in [0.717, 1.165) is 44.9 Å². The fourth-order valence-electron chi connectivity index (χ4n) is 11.8. The molecule has 2 unspecified atom stereocenters. The van der Waals surface area contributed by atoms with Crippen LogP contribution in [0.15, 0.2) is 12.2 Å². The molecular formula is C73H143NO5. The Morgan fingerprint density at radius 3 is 0.899 bits per heavy atom. The minimum Gasteiger partial charge on any atom is -0.466 e. The highest BCUT2D eigenvalue weighted by Gasteiger charge is 2.20. The van der Waals surface area contributed by atoms with E-state index in [-0.39, 0.29) is 18.5 Å². The van der Waals surface area contributed by atoms with Crippen molar-refractivity contribution in [1.82, 2.24) is 5.32 Å². The second-order valence-electron chi connectivity index (χ2n) is 25.3. The molecule has 0 aliphatic rings. The molecule has 0 radical (unpaired) electrons. The minimum absolute atomic E-state index is 0.0126. The number of hydrogen-bond donors (Lipinski definition) is 3. The van der Waals surface area contributed by atoms with Crippen LogP contribution in [-0.4, -0.2) is 47.4 Å². The largest absolute Gasteiger partial charge is 0.466 e. The zero-order chi connectivity index (χ0) is 57.1. The monoisotopic (exact) mass is 1110 g/mol. The summed E-state index contributed by atoms with van der Waals surface area (Å²) in [5.74, 6) is -0.0144. The van der Waals surface area contributed by atoms with Crippen LogP contribution in [0.2, 0.25) is 0 Å². The highest BCUT2D eigenvalue weighted by molar-refractivity contribution is 5.76. The van der Waals surface area contributed by atoms with Gasteiger partial charge in [0.1, 0.15) is 0 Å². The maximum atomic E-state index is 12.5. The molecule has 0 rings (SSSR count). The first-order valence-electron chi connectivity index (χ1n) is 36.4. The summed E-state index contributed by atoms with van der Waals surface area (Å²) < 4.78 is 5.49. The molecule has 1 amide bonds. The van der Waals surface area contributed by atoms with Gasteiger partial charge >= 0.3 is 5.97 Å². The van der Waals surface area contributed by atoms with Crippen LogP contribution in [0.1, 0.15) is 418 Å². The van der Waals surface area contributed by atoms with Gasteiger partial charge in [-0.25, -0.2) is 0 Å². The van der Waals surface area contributed by atoms with Crippen molar-refractivity contribution < 1.29 is 24.5 Å². The molecular weight excluding hydrogens is 971 g/mol. The van der Waals surface area contributed by atoms with Crippen LogP contribution in [0.3, 0.4) is 0 Å². The average Bonchev–Trinajstić information content (AvgIpc) is 3.45. The second-order valence-corrected chi connectivity index (χ2v) is 25.3. The highest BCUT2D eigenvalue weighted by Crippen LogP contribution is 2.20. The summed E-state index contributed by atoms with van der Waals surface area (Å²) in [7, 11) is 0. The molecule has 6 nitrogen and oxygen atoms in total. The van der Waals surface area contributed by atoms with Gasteiger partial charge < -0.3 is 20.3 Å². The van der Waals surface area contributed by atoms with Gasteiger partial charge in [0.05, 0.1) is 25.4 Å². The topological polar surface area (TPSA) is 95.9 Å². The highest BCUT2D eigenvalue weighted by atomic mass is 16.5. The van der Waals surface area contributed by atoms with Gasteiger partial charge in [-0.1, -0.05) is 366 Å². The molecule has 470 valence electrons. The third kappa shape index (κ3) is 65.6. The van der Waals surface area contributed by atoms with Crippen LogP contribution >= 0.6 is 0 Å². The van der Waals surface area contributed by atoms with Gasteiger partial charge in [-0.15, -0.1) is 0 Å². The van der Waals surface area contributed by atoms with E-state index >= 15 is 0 Å². The number of carbonyl (C=O) groups is 2. The second kappa shape index (κ2) is 69.1. The van der Waals surface area contributed by atoms with Crippen molar-refractivity contribution >= 4 is 11.9 Å². The molecule has 3 N–H and O–H groups in total. The van der Waals surface area contributed by atoms with Crippen LogP contribution < -0.4 is 5.32 Å². The summed E-state index contributed by atoms with van der Waals surface area (Å²) >= 11 is 0. The SMILES string of the molecule is CCCCCCCC/C=C\CCCCCCCC(=O)OCCCCCCCCCCCCCCCCCCCCCCCCCCCCCCCC(=O)NC(CO)C(O)CCCCCCCCCCCCCCCCCCCC. The number of ether oxygens (including phenoxy) is 1. The summed E-state index contributed by atoms with van der Waals surface area (Å²) in [4.78, 5) is 24.6. The molecule has 0 aromatic rings. The number of nitrogens with one attached hydrogen (secondary N) is 1. The predicted molar refractivity (Wildman–Crippen MR) is 347 cm³/mol. The summed E-state index contributed by atoms with van der Waals surface area (Å²) in [6, 6.07) is -0.538. The molecule has 0 aromatic carbocycles. The maximum absolute atomic E-state index is 12.5. The molecule has 0 aliphatic heterocycles. The molecule has 0 fully saturated rings. The molecule has 79 heavy (non-hydrogen) atoms. The molecule has 0 aromatic heterocycles. The van der Waals surface area contributed by atoms with Gasteiger partial charge in [0.15, 0.2) is 0 Å². The molecule has 0 bridgehead atoms. The number of aliphatic hydroxyl groups excluding tert-OH is 2. The summed E-state index contributed by atoms with van der Waals surface area (Å²) in [6.45, 7) is 4.99. The summed E-state index contributed by atoms with van der Waals surface area (Å²) in [6.07, 6.45) is 85.6. The summed E-state index contributed by atoms with van der Waals surface area (Å²) in [5, 5.41) is 23.4. The van der Waals surface area contributed by atoms with Gasteiger partial charge in [-0.3, -0.25) is 9.59 Å². The van der Waals surface area contributed by atoms with Crippen LogP contribution in [0.25, 0.3) is 0 Å². The van der Waals surface area contributed by atoms with Crippen molar-refractivity contribution in [2.24, 2.45) is 0 Å². The smallest absolute Gasteiger partial charge is 0.305 e. The quantitative estimate of drug-likeness (QED) is 0.0320. The maximum Gasteiger partial charge on any atom is 0.305 e. The lowest BCUT2D eigenvalue weighted by Crippen LogP contribution is -2.45. The summed E-state index contributed by atoms with van der Waals surface area (Å²) in [5.41, 5.74) is 0. The van der Waals surface area contributed by atoms with Gasteiger partial charge in [-0.05, 0) is 51.4 Å². The minimum atomic E-state index is -0.662. The molecule has 0 saturated heterocycles. The Morgan fingerprint density at radius 2 is 0.595 bits per heavy atom. The zero-order valence-electron chi connectivity index (χ0n) is 53.9. The van der Waals surface area contributed by atoms with Gasteiger partial charge in [0.2, 0.25) is 5.91 Å². The van der Waals surface area contributed by atoms with Crippen molar-refractivity contribution in [2.75, 3.05) is 13.2 Å². The number of hydrogen-bond acceptors (Lipinski definition) is 5. The van der Waals surface area contributed by atoms with E-state index < -0.39 is 12.1 Å². The standard InChI is InChI=1S/C73H143NO5/c1-3-5-7-9-11-13-15-17-19-20-34-38-41-45-49-53-57-61-65-71(76)70(69-75)74-72(77)66-62-58-54-50-46-42-39-35-32-30-28-26-24-22-21-23-25-27-29-31-33-36-40-44-48-52-56-60-64-68-79-73(78)67-63-59-55-51-47-43-37-18-16-14-12-10-8-6-4-2/h18,37,70-71,75-76H,3-17,19-36,38-69H2,1-2H3,(H,74,77)/b37-18-. The Labute approximate surface area is 495 Å². The number of rotatable bonds is 69. The van der Waals surface area contributed by atoms with Crippen molar-refractivity contribution in [2.45, 2.75) is 431 Å². The van der Waals surface area contributed by atoms with E-state index in [2.05, 4.69) is 31.3 Å². The van der Waals surface area contributed by atoms with Crippen molar-refractivity contribution in [3.63, 3.8) is 0 Å². The fourth-order valence-corrected chi connectivity index (χ4v) is 11.8. The third-order valence-electron chi connectivity index (χ3n) is 17.3. The van der Waals surface area contributed by atoms with E-state index in [4.69, 9.17) is 4.74 Å². The van der Waals surface area contributed by atoms with Crippen molar-refractivity contribution in [3.05, 3.63) is 12.2 Å². The van der Waals surface area contributed by atoms with Crippen LogP contribution in [0.5, 0.6) is 0 Å². The molecule has 0 spiro atoms. The molecule has 6 heteroatoms. The van der Waals surface area contributed by atoms with Crippen molar-refractivity contribution in [3.8, 4) is 0 Å². The lowest BCUT2D eigenvalue weighted by molar-refractivity contribution is -0.143. The van der Waals surface area contributed by atoms with Gasteiger partial charge in [0.25, 0.3) is 0 Å². The number of aliphatic hydroxyl groups is 2. The van der Waals surface area contributed by atoms with Crippen LogP contribution in [0, 0.1) is 0 Å². The normalized spacial score (nSPS) is 12.5. The van der Waals surface area contributed by atoms with Gasteiger partial charge in [-0.2, -0.15) is 0 Å².